The summed E-state index contributed by atoms with van der Waals surface area (Å²) in [4.78, 5) is 26.3. The lowest BCUT2D eigenvalue weighted by Gasteiger charge is -2.37. The Morgan fingerprint density at radius 3 is 2.39 bits per heavy atom. The first kappa shape index (κ1) is 17.5. The van der Waals surface area contributed by atoms with Gasteiger partial charge in [-0.15, -0.1) is 0 Å². The second-order valence-corrected chi connectivity index (χ2v) is 6.73. The molecule has 5 heteroatoms. The molecule has 1 aliphatic rings. The first-order chi connectivity index (χ1) is 11.0. The quantitative estimate of drug-likeness (QED) is 0.896. The Kier molecular flexibility index (Phi) is 6.16. The molecular formula is C18H27N3O2. The Labute approximate surface area is 138 Å². The van der Waals surface area contributed by atoms with Crippen molar-refractivity contribution >= 4 is 11.9 Å². The monoisotopic (exact) mass is 317 g/mol. The van der Waals surface area contributed by atoms with E-state index in [2.05, 4.69) is 29.4 Å². The van der Waals surface area contributed by atoms with Crippen LogP contribution in [0.5, 0.6) is 0 Å². The van der Waals surface area contributed by atoms with Crippen LogP contribution in [0.25, 0.3) is 0 Å². The van der Waals surface area contributed by atoms with Crippen molar-refractivity contribution in [1.29, 1.82) is 0 Å². The average molecular weight is 317 g/mol. The van der Waals surface area contributed by atoms with E-state index in [0.29, 0.717) is 18.4 Å². The van der Waals surface area contributed by atoms with Crippen LogP contribution >= 0.6 is 0 Å². The Morgan fingerprint density at radius 1 is 1.17 bits per heavy atom. The van der Waals surface area contributed by atoms with Gasteiger partial charge in [0.15, 0.2) is 0 Å². The van der Waals surface area contributed by atoms with Crippen LogP contribution in [-0.2, 0) is 11.3 Å². The van der Waals surface area contributed by atoms with Gasteiger partial charge < -0.3 is 5.32 Å². The van der Waals surface area contributed by atoms with Crippen LogP contribution in [0.4, 0.5) is 4.79 Å². The van der Waals surface area contributed by atoms with Crippen LogP contribution in [-0.4, -0.2) is 36.0 Å². The summed E-state index contributed by atoms with van der Waals surface area (Å²) in [5, 5.41) is 5.16. The molecule has 2 N–H and O–H groups in total. The van der Waals surface area contributed by atoms with E-state index in [4.69, 9.17) is 0 Å². The van der Waals surface area contributed by atoms with E-state index in [9.17, 15) is 9.59 Å². The highest BCUT2D eigenvalue weighted by molar-refractivity contribution is 5.96. The number of hydrogen-bond donors (Lipinski definition) is 2. The number of carbonyl (C=O) groups is 2. The Bertz CT molecular complexity index is 522. The number of hydrogen-bond acceptors (Lipinski definition) is 3. The fourth-order valence-electron chi connectivity index (χ4n) is 3.23. The number of piperidine rings is 1. The number of nitrogens with zero attached hydrogens (tertiary/aromatic N) is 1. The summed E-state index contributed by atoms with van der Waals surface area (Å²) in [6, 6.07) is 8.89. The van der Waals surface area contributed by atoms with Crippen LogP contribution in [0, 0.1) is 11.8 Å². The fourth-order valence-corrected chi connectivity index (χ4v) is 3.23. The van der Waals surface area contributed by atoms with Gasteiger partial charge in [-0.1, -0.05) is 44.2 Å². The molecule has 0 aromatic heterocycles. The minimum absolute atomic E-state index is 0.239. The molecule has 1 aromatic rings. The highest BCUT2D eigenvalue weighted by atomic mass is 16.2. The number of rotatable bonds is 4. The predicted octanol–water partition coefficient (Wildman–Crippen LogP) is 2.38. The fraction of sp³-hybridized carbons (Fsp3) is 0.556. The first-order valence-electron chi connectivity index (χ1n) is 8.32. The summed E-state index contributed by atoms with van der Waals surface area (Å²) >= 11 is 0. The summed E-state index contributed by atoms with van der Waals surface area (Å²) in [5.74, 6) is 0.929. The van der Waals surface area contributed by atoms with Crippen molar-refractivity contribution in [2.24, 2.45) is 11.8 Å². The van der Waals surface area contributed by atoms with Crippen molar-refractivity contribution in [2.45, 2.75) is 39.8 Å². The largest absolute Gasteiger partial charge is 0.334 e. The zero-order valence-corrected chi connectivity index (χ0v) is 14.2. The smallest absolute Gasteiger partial charge is 0.321 e. The van der Waals surface area contributed by atoms with Crippen molar-refractivity contribution in [1.82, 2.24) is 15.5 Å². The van der Waals surface area contributed by atoms with Gasteiger partial charge in [-0.3, -0.25) is 15.0 Å². The van der Waals surface area contributed by atoms with Gasteiger partial charge in [0.2, 0.25) is 5.91 Å². The van der Waals surface area contributed by atoms with Gasteiger partial charge in [0, 0.05) is 19.6 Å². The minimum Gasteiger partial charge on any atom is -0.334 e. The number of urea groups is 1. The van der Waals surface area contributed by atoms with Crippen molar-refractivity contribution in [3.05, 3.63) is 35.9 Å². The first-order valence-corrected chi connectivity index (χ1v) is 8.32. The van der Waals surface area contributed by atoms with Gasteiger partial charge in [0.05, 0.1) is 6.04 Å². The molecule has 1 aliphatic heterocycles. The van der Waals surface area contributed by atoms with E-state index in [1.54, 1.807) is 0 Å². The van der Waals surface area contributed by atoms with E-state index in [-0.39, 0.29) is 11.9 Å². The van der Waals surface area contributed by atoms with Crippen LogP contribution in [0.15, 0.2) is 30.3 Å². The second kappa shape index (κ2) is 8.11. The molecule has 5 nitrogen and oxygen atoms in total. The molecule has 0 spiro atoms. The SMILES string of the molecule is C[C@@H]1C[C@H](C)CN([C@@H](C)C(=O)NC(=O)NCc2ccccc2)C1. The molecule has 0 saturated carbocycles. The Morgan fingerprint density at radius 2 is 1.78 bits per heavy atom. The number of amides is 3. The molecule has 23 heavy (non-hydrogen) atoms. The standard InChI is InChI=1S/C18H27N3O2/c1-13-9-14(2)12-21(11-13)15(3)17(22)20-18(23)19-10-16-7-5-4-6-8-16/h4-8,13-15H,9-12H2,1-3H3,(H2,19,20,22,23)/t13-,14+,15-/m0/s1. The zero-order valence-electron chi connectivity index (χ0n) is 14.2. The van der Waals surface area contributed by atoms with E-state index in [1.807, 2.05) is 37.3 Å². The third kappa shape index (κ3) is 5.36. The minimum atomic E-state index is -0.441. The molecule has 0 bridgehead atoms. The van der Waals surface area contributed by atoms with Crippen LogP contribution in [0.1, 0.15) is 32.8 Å². The molecule has 3 amide bonds. The van der Waals surface area contributed by atoms with Gasteiger partial charge in [0.1, 0.15) is 0 Å². The molecule has 0 aliphatic carbocycles. The molecule has 126 valence electrons. The molecule has 1 aromatic carbocycles. The van der Waals surface area contributed by atoms with E-state index >= 15 is 0 Å². The average Bonchev–Trinajstić information content (AvgIpc) is 2.52. The number of nitrogens with one attached hydrogen (secondary N) is 2. The van der Waals surface area contributed by atoms with Gasteiger partial charge >= 0.3 is 6.03 Å². The maximum absolute atomic E-state index is 12.3. The molecule has 1 saturated heterocycles. The third-order valence-electron chi connectivity index (χ3n) is 4.36. The summed E-state index contributed by atoms with van der Waals surface area (Å²) in [6.45, 7) is 8.51. The number of likely N-dealkylation sites (tertiary alicyclic amines) is 1. The van der Waals surface area contributed by atoms with E-state index < -0.39 is 6.03 Å². The molecule has 3 atom stereocenters. The molecule has 1 fully saturated rings. The molecule has 0 unspecified atom stereocenters. The number of benzene rings is 1. The van der Waals surface area contributed by atoms with Crippen molar-refractivity contribution < 1.29 is 9.59 Å². The maximum Gasteiger partial charge on any atom is 0.321 e. The topological polar surface area (TPSA) is 61.4 Å². The van der Waals surface area contributed by atoms with Crippen LogP contribution in [0.2, 0.25) is 0 Å². The molecular weight excluding hydrogens is 290 g/mol. The van der Waals surface area contributed by atoms with E-state index in [1.165, 1.54) is 6.42 Å². The predicted molar refractivity (Wildman–Crippen MR) is 90.8 cm³/mol. The summed E-state index contributed by atoms with van der Waals surface area (Å²) < 4.78 is 0. The van der Waals surface area contributed by atoms with Crippen LogP contribution in [0.3, 0.4) is 0 Å². The maximum atomic E-state index is 12.3. The molecule has 2 rings (SSSR count). The van der Waals surface area contributed by atoms with Crippen molar-refractivity contribution in [3.63, 3.8) is 0 Å². The highest BCUT2D eigenvalue weighted by Gasteiger charge is 2.29. The van der Waals surface area contributed by atoms with Crippen molar-refractivity contribution in [2.75, 3.05) is 13.1 Å². The molecule has 0 radical (unpaired) electrons. The Balaban J connectivity index is 1.79. The number of imide groups is 1. The second-order valence-electron chi connectivity index (χ2n) is 6.73. The summed E-state index contributed by atoms with van der Waals surface area (Å²) in [7, 11) is 0. The lowest BCUT2D eigenvalue weighted by atomic mass is 9.91. The van der Waals surface area contributed by atoms with Gasteiger partial charge in [-0.2, -0.15) is 0 Å². The highest BCUT2D eigenvalue weighted by Crippen LogP contribution is 2.22. The van der Waals surface area contributed by atoms with Gasteiger partial charge in [-0.25, -0.2) is 4.79 Å². The van der Waals surface area contributed by atoms with Crippen LogP contribution < -0.4 is 10.6 Å². The lowest BCUT2D eigenvalue weighted by molar-refractivity contribution is -0.125. The lowest BCUT2D eigenvalue weighted by Crippen LogP contribution is -2.53. The normalized spacial score (nSPS) is 23.1. The third-order valence-corrected chi connectivity index (χ3v) is 4.36. The summed E-state index contributed by atoms with van der Waals surface area (Å²) in [6.07, 6.45) is 1.20. The zero-order chi connectivity index (χ0) is 16.8. The molecule has 1 heterocycles. The Hall–Kier alpha value is -1.88. The van der Waals surface area contributed by atoms with Gasteiger partial charge in [0.25, 0.3) is 0 Å². The van der Waals surface area contributed by atoms with E-state index in [0.717, 1.165) is 18.7 Å². The van der Waals surface area contributed by atoms with Crippen molar-refractivity contribution in [3.8, 4) is 0 Å². The van der Waals surface area contributed by atoms with Gasteiger partial charge in [-0.05, 0) is 30.7 Å². The number of carbonyl (C=O) groups excluding carboxylic acids is 2. The summed E-state index contributed by atoms with van der Waals surface area (Å²) in [5.41, 5.74) is 1.00.